The number of aryl methyl sites for hydroxylation is 1. The highest BCUT2D eigenvalue weighted by atomic mass is 16.4. The fourth-order valence-electron chi connectivity index (χ4n) is 1.88. The van der Waals surface area contributed by atoms with Crippen molar-refractivity contribution in [3.63, 3.8) is 0 Å². The normalized spacial score (nSPS) is 11.7. The van der Waals surface area contributed by atoms with Crippen LogP contribution in [0.15, 0.2) is 46.9 Å². The SMILES string of the molecule is N#CC(CCc1ccccc1)c1ccc(C(=O)O)o1. The molecule has 0 bridgehead atoms. The van der Waals surface area contributed by atoms with Crippen molar-refractivity contribution in [1.82, 2.24) is 0 Å². The molecule has 1 aromatic heterocycles. The minimum atomic E-state index is -1.12. The van der Waals surface area contributed by atoms with Gasteiger partial charge in [-0.15, -0.1) is 0 Å². The summed E-state index contributed by atoms with van der Waals surface area (Å²) in [4.78, 5) is 10.7. The molecule has 1 unspecified atom stereocenters. The van der Waals surface area contributed by atoms with Gasteiger partial charge in [0.25, 0.3) is 0 Å². The maximum Gasteiger partial charge on any atom is 0.371 e. The van der Waals surface area contributed by atoms with E-state index in [0.717, 1.165) is 12.0 Å². The van der Waals surface area contributed by atoms with Gasteiger partial charge in [-0.1, -0.05) is 30.3 Å². The van der Waals surface area contributed by atoms with Crippen molar-refractivity contribution in [2.75, 3.05) is 0 Å². The van der Waals surface area contributed by atoms with Crippen LogP contribution in [0.1, 0.15) is 34.2 Å². The second kappa shape index (κ2) is 5.87. The fourth-order valence-corrected chi connectivity index (χ4v) is 1.88. The number of rotatable bonds is 5. The van der Waals surface area contributed by atoms with Gasteiger partial charge in [0, 0.05) is 0 Å². The fraction of sp³-hybridized carbons (Fsp3) is 0.200. The van der Waals surface area contributed by atoms with E-state index in [0.29, 0.717) is 12.2 Å². The van der Waals surface area contributed by atoms with Gasteiger partial charge in [0.2, 0.25) is 5.76 Å². The van der Waals surface area contributed by atoms with Gasteiger partial charge in [0.1, 0.15) is 11.7 Å². The Labute approximate surface area is 110 Å². The molecular weight excluding hydrogens is 242 g/mol. The van der Waals surface area contributed by atoms with Crippen molar-refractivity contribution in [1.29, 1.82) is 5.26 Å². The summed E-state index contributed by atoms with van der Waals surface area (Å²) in [6.45, 7) is 0. The zero-order valence-electron chi connectivity index (χ0n) is 10.2. The van der Waals surface area contributed by atoms with Crippen molar-refractivity contribution < 1.29 is 14.3 Å². The maximum atomic E-state index is 10.7. The number of aromatic carboxylic acids is 1. The minimum Gasteiger partial charge on any atom is -0.475 e. The predicted molar refractivity (Wildman–Crippen MR) is 68.8 cm³/mol. The van der Waals surface area contributed by atoms with E-state index in [-0.39, 0.29) is 5.76 Å². The van der Waals surface area contributed by atoms with Crippen LogP contribution in [0.25, 0.3) is 0 Å². The zero-order valence-corrected chi connectivity index (χ0v) is 10.2. The average Bonchev–Trinajstić information content (AvgIpc) is 2.90. The Morgan fingerprint density at radius 3 is 2.58 bits per heavy atom. The number of hydrogen-bond acceptors (Lipinski definition) is 3. The average molecular weight is 255 g/mol. The molecule has 0 saturated carbocycles. The summed E-state index contributed by atoms with van der Waals surface area (Å²) in [6, 6.07) is 14.9. The molecule has 19 heavy (non-hydrogen) atoms. The molecule has 0 amide bonds. The number of nitrogens with zero attached hydrogens (tertiary/aromatic N) is 1. The van der Waals surface area contributed by atoms with Crippen molar-refractivity contribution in [3.05, 3.63) is 59.5 Å². The third kappa shape index (κ3) is 3.23. The second-order valence-corrected chi connectivity index (χ2v) is 4.21. The van der Waals surface area contributed by atoms with Gasteiger partial charge in [-0.3, -0.25) is 0 Å². The van der Waals surface area contributed by atoms with Crippen LogP contribution in [0.4, 0.5) is 0 Å². The molecule has 0 aliphatic rings. The molecule has 1 aromatic carbocycles. The van der Waals surface area contributed by atoms with Crippen LogP contribution < -0.4 is 0 Å². The molecule has 0 aliphatic carbocycles. The summed E-state index contributed by atoms with van der Waals surface area (Å²) in [6.07, 6.45) is 1.36. The number of furan rings is 1. The van der Waals surface area contributed by atoms with Crippen LogP contribution in [0.5, 0.6) is 0 Å². The van der Waals surface area contributed by atoms with E-state index in [1.807, 2.05) is 30.3 Å². The molecule has 1 atom stereocenters. The van der Waals surface area contributed by atoms with Crippen molar-refractivity contribution in [2.24, 2.45) is 0 Å². The highest BCUT2D eigenvalue weighted by Crippen LogP contribution is 2.23. The van der Waals surface area contributed by atoms with Gasteiger partial charge in [-0.25, -0.2) is 4.79 Å². The quantitative estimate of drug-likeness (QED) is 0.890. The van der Waals surface area contributed by atoms with Gasteiger partial charge < -0.3 is 9.52 Å². The first-order valence-electron chi connectivity index (χ1n) is 5.97. The zero-order chi connectivity index (χ0) is 13.7. The lowest BCUT2D eigenvalue weighted by Gasteiger charge is -2.05. The lowest BCUT2D eigenvalue weighted by Crippen LogP contribution is -1.98. The van der Waals surface area contributed by atoms with Gasteiger partial charge in [0.05, 0.1) is 6.07 Å². The number of nitriles is 1. The molecule has 0 fully saturated rings. The van der Waals surface area contributed by atoms with Gasteiger partial charge in [-0.2, -0.15) is 5.26 Å². The van der Waals surface area contributed by atoms with Crippen LogP contribution >= 0.6 is 0 Å². The van der Waals surface area contributed by atoms with Crippen molar-refractivity contribution in [2.45, 2.75) is 18.8 Å². The highest BCUT2D eigenvalue weighted by molar-refractivity contribution is 5.84. The molecule has 4 heteroatoms. The van der Waals surface area contributed by atoms with Crippen molar-refractivity contribution >= 4 is 5.97 Å². The summed E-state index contributed by atoms with van der Waals surface area (Å²) in [5, 5.41) is 17.9. The predicted octanol–water partition coefficient (Wildman–Crippen LogP) is 3.22. The molecule has 0 aliphatic heterocycles. The van der Waals surface area contributed by atoms with E-state index >= 15 is 0 Å². The van der Waals surface area contributed by atoms with E-state index in [1.165, 1.54) is 6.07 Å². The Balaban J connectivity index is 2.04. The molecular formula is C15H13NO3. The summed E-state index contributed by atoms with van der Waals surface area (Å²) >= 11 is 0. The minimum absolute atomic E-state index is 0.130. The molecule has 4 nitrogen and oxygen atoms in total. The van der Waals surface area contributed by atoms with E-state index < -0.39 is 11.9 Å². The lowest BCUT2D eigenvalue weighted by molar-refractivity contribution is 0.0660. The number of carbonyl (C=O) groups is 1. The third-order valence-corrected chi connectivity index (χ3v) is 2.90. The Morgan fingerprint density at radius 2 is 2.00 bits per heavy atom. The van der Waals surface area contributed by atoms with Gasteiger partial charge in [-0.05, 0) is 30.5 Å². The Hall–Kier alpha value is -2.54. The Kier molecular flexibility index (Phi) is 3.99. The standard InChI is InChI=1S/C15H13NO3/c16-10-12(7-6-11-4-2-1-3-5-11)13-8-9-14(19-13)15(17)18/h1-5,8-9,12H,6-7H2,(H,17,18). The summed E-state index contributed by atoms with van der Waals surface area (Å²) in [7, 11) is 0. The Morgan fingerprint density at radius 1 is 1.26 bits per heavy atom. The number of hydrogen-bond donors (Lipinski definition) is 1. The van der Waals surface area contributed by atoms with E-state index in [2.05, 4.69) is 6.07 Å². The van der Waals surface area contributed by atoms with Crippen LogP contribution in [0, 0.1) is 11.3 Å². The van der Waals surface area contributed by atoms with Crippen LogP contribution in [-0.4, -0.2) is 11.1 Å². The monoisotopic (exact) mass is 255 g/mol. The first-order chi connectivity index (χ1) is 9.20. The molecule has 2 aromatic rings. The van der Waals surface area contributed by atoms with Crippen molar-refractivity contribution in [3.8, 4) is 6.07 Å². The van der Waals surface area contributed by atoms with Gasteiger partial charge in [0.15, 0.2) is 0 Å². The third-order valence-electron chi connectivity index (χ3n) is 2.90. The first kappa shape index (κ1) is 12.9. The first-order valence-corrected chi connectivity index (χ1v) is 5.97. The molecule has 1 heterocycles. The molecule has 0 saturated heterocycles. The van der Waals surface area contributed by atoms with Crippen LogP contribution in [0.3, 0.4) is 0 Å². The van der Waals surface area contributed by atoms with E-state index in [9.17, 15) is 4.79 Å². The molecule has 1 N–H and O–H groups in total. The summed E-state index contributed by atoms with van der Waals surface area (Å²) in [5.41, 5.74) is 1.15. The Bertz CT molecular complexity index is 595. The molecule has 0 spiro atoms. The largest absolute Gasteiger partial charge is 0.475 e. The van der Waals surface area contributed by atoms with E-state index in [1.54, 1.807) is 6.07 Å². The highest BCUT2D eigenvalue weighted by Gasteiger charge is 2.17. The second-order valence-electron chi connectivity index (χ2n) is 4.21. The molecule has 2 rings (SSSR count). The number of benzene rings is 1. The summed E-state index contributed by atoms with van der Waals surface area (Å²) < 4.78 is 5.16. The van der Waals surface area contributed by atoms with Crippen LogP contribution in [0.2, 0.25) is 0 Å². The van der Waals surface area contributed by atoms with Crippen LogP contribution in [-0.2, 0) is 6.42 Å². The molecule has 96 valence electrons. The topological polar surface area (TPSA) is 74.2 Å². The lowest BCUT2D eigenvalue weighted by atomic mass is 9.99. The maximum absolute atomic E-state index is 10.7. The smallest absolute Gasteiger partial charge is 0.371 e. The number of carboxylic acid groups (broad SMARTS) is 1. The summed E-state index contributed by atoms with van der Waals surface area (Å²) in [5.74, 6) is -1.26. The number of carboxylic acids is 1. The van der Waals surface area contributed by atoms with E-state index in [4.69, 9.17) is 14.8 Å². The molecule has 0 radical (unpaired) electrons. The van der Waals surface area contributed by atoms with Gasteiger partial charge >= 0.3 is 5.97 Å².